The molecule has 2 aromatic rings. The number of hydrogen-bond donors (Lipinski definition) is 1. The second-order valence-corrected chi connectivity index (χ2v) is 4.88. The lowest BCUT2D eigenvalue weighted by Crippen LogP contribution is -2.11. The molecule has 0 aliphatic heterocycles. The molecule has 1 heterocycles. The lowest BCUT2D eigenvalue weighted by Gasteiger charge is -2.08. The maximum Gasteiger partial charge on any atom is 0.219 e. The summed E-state index contributed by atoms with van der Waals surface area (Å²) >= 11 is 3.20. The lowest BCUT2D eigenvalue weighted by molar-refractivity contribution is 0.426. The van der Waals surface area contributed by atoms with Crippen molar-refractivity contribution in [1.29, 1.82) is 0 Å². The first kappa shape index (κ1) is 14.0. The summed E-state index contributed by atoms with van der Waals surface area (Å²) in [5, 5.41) is 3.21. The molecule has 0 aliphatic rings. The summed E-state index contributed by atoms with van der Waals surface area (Å²) in [5.74, 6) is 0.126. The van der Waals surface area contributed by atoms with E-state index in [0.717, 1.165) is 18.7 Å². The predicted molar refractivity (Wildman–Crippen MR) is 75.8 cm³/mol. The number of nitrogens with one attached hydrogen (secondary N) is 1. The van der Waals surface area contributed by atoms with E-state index in [1.807, 2.05) is 13.0 Å². The summed E-state index contributed by atoms with van der Waals surface area (Å²) in [6.45, 7) is 3.66. The summed E-state index contributed by atoms with van der Waals surface area (Å²) in [6.07, 6.45) is 1.65. The number of benzene rings is 1. The number of ether oxygens (including phenoxy) is 1. The van der Waals surface area contributed by atoms with Gasteiger partial charge in [-0.05, 0) is 36.4 Å². The zero-order chi connectivity index (χ0) is 13.7. The Bertz CT molecular complexity index is 563. The van der Waals surface area contributed by atoms with Crippen molar-refractivity contribution in [3.8, 4) is 11.6 Å². The largest absolute Gasteiger partial charge is 0.436 e. The molecule has 0 bridgehead atoms. The van der Waals surface area contributed by atoms with Crippen LogP contribution in [0.25, 0.3) is 0 Å². The van der Waals surface area contributed by atoms with Crippen molar-refractivity contribution in [3.63, 3.8) is 0 Å². The monoisotopic (exact) mass is 324 g/mol. The molecule has 1 aromatic heterocycles. The lowest BCUT2D eigenvalue weighted by atomic mass is 10.2. The fraction of sp³-hybridized carbons (Fsp3) is 0.214. The number of pyridine rings is 1. The molecule has 100 valence electrons. The molecule has 1 aromatic carbocycles. The highest BCUT2D eigenvalue weighted by molar-refractivity contribution is 9.10. The molecular weight excluding hydrogens is 311 g/mol. The van der Waals surface area contributed by atoms with Gasteiger partial charge in [0.15, 0.2) is 11.6 Å². The number of hydrogen-bond acceptors (Lipinski definition) is 3. The molecule has 0 aliphatic carbocycles. The van der Waals surface area contributed by atoms with E-state index in [1.165, 1.54) is 6.07 Å². The van der Waals surface area contributed by atoms with E-state index in [0.29, 0.717) is 10.4 Å². The van der Waals surface area contributed by atoms with E-state index < -0.39 is 5.82 Å². The molecule has 0 unspecified atom stereocenters. The number of halogens is 2. The molecular formula is C14H14BrFN2O. The Labute approximate surface area is 119 Å². The van der Waals surface area contributed by atoms with Crippen LogP contribution in [-0.4, -0.2) is 11.5 Å². The quantitative estimate of drug-likeness (QED) is 0.906. The van der Waals surface area contributed by atoms with Crippen LogP contribution in [0.1, 0.15) is 12.5 Å². The first-order valence-corrected chi connectivity index (χ1v) is 6.77. The molecule has 2 rings (SSSR count). The average Bonchev–Trinajstić information content (AvgIpc) is 2.40. The Morgan fingerprint density at radius 1 is 1.32 bits per heavy atom. The standard InChI is InChI=1S/C14H14BrFN2O/c1-2-17-9-10-5-6-18-14(7-10)19-13-4-3-11(15)8-12(13)16/h3-8,17H,2,9H2,1H3. The van der Waals surface area contributed by atoms with Crippen molar-refractivity contribution in [2.24, 2.45) is 0 Å². The minimum absolute atomic E-state index is 0.163. The van der Waals surface area contributed by atoms with Crippen molar-refractivity contribution in [3.05, 3.63) is 52.4 Å². The summed E-state index contributed by atoms with van der Waals surface area (Å²) in [4.78, 5) is 4.08. The summed E-state index contributed by atoms with van der Waals surface area (Å²) < 4.78 is 19.8. The SMILES string of the molecule is CCNCc1ccnc(Oc2ccc(Br)cc2F)c1. The fourth-order valence-corrected chi connectivity index (χ4v) is 1.89. The zero-order valence-electron chi connectivity index (χ0n) is 10.5. The highest BCUT2D eigenvalue weighted by Gasteiger charge is 2.06. The van der Waals surface area contributed by atoms with Crippen LogP contribution in [-0.2, 0) is 6.54 Å². The van der Waals surface area contributed by atoms with Gasteiger partial charge in [0.25, 0.3) is 0 Å². The third-order valence-electron chi connectivity index (χ3n) is 2.49. The number of rotatable bonds is 5. The Morgan fingerprint density at radius 3 is 2.89 bits per heavy atom. The normalized spacial score (nSPS) is 10.5. The summed E-state index contributed by atoms with van der Waals surface area (Å²) in [5.41, 5.74) is 1.05. The van der Waals surface area contributed by atoms with Gasteiger partial charge >= 0.3 is 0 Å². The van der Waals surface area contributed by atoms with Crippen molar-refractivity contribution in [2.75, 3.05) is 6.54 Å². The zero-order valence-corrected chi connectivity index (χ0v) is 12.1. The summed E-state index contributed by atoms with van der Waals surface area (Å²) in [7, 11) is 0. The Balaban J connectivity index is 2.14. The van der Waals surface area contributed by atoms with E-state index in [1.54, 1.807) is 24.4 Å². The Hall–Kier alpha value is -1.46. The van der Waals surface area contributed by atoms with Crippen LogP contribution in [0.5, 0.6) is 11.6 Å². The van der Waals surface area contributed by atoms with Crippen molar-refractivity contribution in [1.82, 2.24) is 10.3 Å². The maximum absolute atomic E-state index is 13.6. The summed E-state index contributed by atoms with van der Waals surface area (Å²) in [6, 6.07) is 8.34. The second-order valence-electron chi connectivity index (χ2n) is 3.96. The van der Waals surface area contributed by atoms with Gasteiger partial charge in [-0.25, -0.2) is 9.37 Å². The van der Waals surface area contributed by atoms with Crippen LogP contribution < -0.4 is 10.1 Å². The Kier molecular flexibility index (Phi) is 4.87. The van der Waals surface area contributed by atoms with Crippen LogP contribution in [0.4, 0.5) is 4.39 Å². The van der Waals surface area contributed by atoms with Crippen LogP contribution in [0, 0.1) is 5.82 Å². The highest BCUT2D eigenvalue weighted by Crippen LogP contribution is 2.25. The number of nitrogens with zero attached hydrogens (tertiary/aromatic N) is 1. The van der Waals surface area contributed by atoms with Gasteiger partial charge in [-0.1, -0.05) is 22.9 Å². The topological polar surface area (TPSA) is 34.2 Å². The van der Waals surface area contributed by atoms with Gasteiger partial charge in [0.1, 0.15) is 0 Å². The van der Waals surface area contributed by atoms with E-state index in [2.05, 4.69) is 26.2 Å². The molecule has 0 spiro atoms. The maximum atomic E-state index is 13.6. The van der Waals surface area contributed by atoms with E-state index in [-0.39, 0.29) is 5.75 Å². The molecule has 0 saturated heterocycles. The van der Waals surface area contributed by atoms with Crippen molar-refractivity contribution in [2.45, 2.75) is 13.5 Å². The Morgan fingerprint density at radius 2 is 2.16 bits per heavy atom. The van der Waals surface area contributed by atoms with Crippen molar-refractivity contribution < 1.29 is 9.13 Å². The molecule has 1 N–H and O–H groups in total. The van der Waals surface area contributed by atoms with Gasteiger partial charge in [-0.15, -0.1) is 0 Å². The van der Waals surface area contributed by atoms with Gasteiger partial charge in [-0.2, -0.15) is 0 Å². The van der Waals surface area contributed by atoms with Gasteiger partial charge < -0.3 is 10.1 Å². The third kappa shape index (κ3) is 4.01. The van der Waals surface area contributed by atoms with E-state index in [4.69, 9.17) is 4.74 Å². The van der Waals surface area contributed by atoms with Crippen LogP contribution in [0.2, 0.25) is 0 Å². The molecule has 0 saturated carbocycles. The van der Waals surface area contributed by atoms with Gasteiger partial charge in [0, 0.05) is 23.3 Å². The van der Waals surface area contributed by atoms with Crippen LogP contribution in [0.3, 0.4) is 0 Å². The molecule has 5 heteroatoms. The average molecular weight is 325 g/mol. The van der Waals surface area contributed by atoms with E-state index >= 15 is 0 Å². The minimum Gasteiger partial charge on any atom is -0.436 e. The van der Waals surface area contributed by atoms with Gasteiger partial charge in [0.05, 0.1) is 0 Å². The third-order valence-corrected chi connectivity index (χ3v) is 2.98. The molecule has 0 amide bonds. The highest BCUT2D eigenvalue weighted by atomic mass is 79.9. The molecule has 19 heavy (non-hydrogen) atoms. The van der Waals surface area contributed by atoms with Crippen molar-refractivity contribution >= 4 is 15.9 Å². The first-order chi connectivity index (χ1) is 9.19. The smallest absolute Gasteiger partial charge is 0.219 e. The predicted octanol–water partition coefficient (Wildman–Crippen LogP) is 3.89. The second kappa shape index (κ2) is 6.63. The molecule has 0 fully saturated rings. The minimum atomic E-state index is -0.423. The fourth-order valence-electron chi connectivity index (χ4n) is 1.56. The first-order valence-electron chi connectivity index (χ1n) is 5.97. The van der Waals surface area contributed by atoms with E-state index in [9.17, 15) is 4.39 Å². The van der Waals surface area contributed by atoms with Crippen LogP contribution >= 0.6 is 15.9 Å². The van der Waals surface area contributed by atoms with Gasteiger partial charge in [0.2, 0.25) is 5.88 Å². The molecule has 3 nitrogen and oxygen atoms in total. The van der Waals surface area contributed by atoms with Crippen LogP contribution in [0.15, 0.2) is 41.0 Å². The van der Waals surface area contributed by atoms with Gasteiger partial charge in [-0.3, -0.25) is 0 Å². The number of aromatic nitrogens is 1. The molecule has 0 atom stereocenters. The molecule has 0 radical (unpaired) electrons.